The van der Waals surface area contributed by atoms with Crippen molar-refractivity contribution in [1.29, 1.82) is 0 Å². The van der Waals surface area contributed by atoms with E-state index in [1.54, 1.807) is 0 Å². The van der Waals surface area contributed by atoms with Crippen LogP contribution < -0.4 is 11.1 Å². The molecule has 1 fully saturated rings. The second-order valence-corrected chi connectivity index (χ2v) is 6.63. The van der Waals surface area contributed by atoms with Crippen LogP contribution >= 0.6 is 0 Å². The standard InChI is InChI=1S/C15H29BN2O5/c1-2-12(17)13(19)18-11-6-5-8-15(10-11,14(20)21)7-3-4-9-16(22)23/h11-12,22-23H,2-10,17H2,1H3,(H,18,19)(H,20,21)/t11-,12-,15+/m0/s1. The monoisotopic (exact) mass is 328 g/mol. The van der Waals surface area contributed by atoms with Gasteiger partial charge in [0, 0.05) is 6.04 Å². The summed E-state index contributed by atoms with van der Waals surface area (Å²) in [7, 11) is -1.34. The van der Waals surface area contributed by atoms with Crippen LogP contribution in [-0.2, 0) is 9.59 Å². The summed E-state index contributed by atoms with van der Waals surface area (Å²) in [6.07, 6.45) is 5.01. The molecule has 0 aliphatic heterocycles. The molecule has 1 amide bonds. The lowest BCUT2D eigenvalue weighted by Crippen LogP contribution is -2.50. The SMILES string of the molecule is CC[C@H](N)C(=O)N[C@H]1CCC[C@@](CCCCB(O)O)(C(=O)O)C1. The van der Waals surface area contributed by atoms with Gasteiger partial charge in [0.1, 0.15) is 0 Å². The fourth-order valence-corrected chi connectivity index (χ4v) is 3.30. The Morgan fingerprint density at radius 3 is 2.65 bits per heavy atom. The van der Waals surface area contributed by atoms with Crippen LogP contribution in [0.4, 0.5) is 0 Å². The van der Waals surface area contributed by atoms with Crippen LogP contribution in [0.3, 0.4) is 0 Å². The van der Waals surface area contributed by atoms with E-state index in [-0.39, 0.29) is 18.3 Å². The Morgan fingerprint density at radius 1 is 1.39 bits per heavy atom. The highest BCUT2D eigenvalue weighted by Gasteiger charge is 2.42. The molecule has 1 aliphatic rings. The molecule has 0 aromatic rings. The number of carboxylic acids is 1. The summed E-state index contributed by atoms with van der Waals surface area (Å²) in [5.74, 6) is -1.05. The molecule has 1 aliphatic carbocycles. The average Bonchev–Trinajstić information content (AvgIpc) is 2.50. The first-order valence-electron chi connectivity index (χ1n) is 8.46. The lowest BCUT2D eigenvalue weighted by Gasteiger charge is -2.38. The number of nitrogens with two attached hydrogens (primary N) is 1. The highest BCUT2D eigenvalue weighted by atomic mass is 16.4. The number of carboxylic acid groups (broad SMARTS) is 1. The molecular weight excluding hydrogens is 299 g/mol. The van der Waals surface area contributed by atoms with Crippen molar-refractivity contribution in [2.45, 2.75) is 76.7 Å². The van der Waals surface area contributed by atoms with Gasteiger partial charge < -0.3 is 26.2 Å². The molecule has 7 nitrogen and oxygen atoms in total. The normalized spacial score (nSPS) is 25.7. The summed E-state index contributed by atoms with van der Waals surface area (Å²) >= 11 is 0. The maximum Gasteiger partial charge on any atom is 0.451 e. The van der Waals surface area contributed by atoms with Gasteiger partial charge in [-0.15, -0.1) is 0 Å². The number of hydrogen-bond donors (Lipinski definition) is 5. The molecule has 6 N–H and O–H groups in total. The van der Waals surface area contributed by atoms with Crippen LogP contribution in [0.2, 0.25) is 6.32 Å². The number of carbonyl (C=O) groups excluding carboxylic acids is 1. The topological polar surface area (TPSA) is 133 Å². The molecule has 0 aromatic carbocycles. The quantitative estimate of drug-likeness (QED) is 0.309. The third-order valence-corrected chi connectivity index (χ3v) is 4.79. The fraction of sp³-hybridized carbons (Fsp3) is 0.867. The van der Waals surface area contributed by atoms with Crippen molar-refractivity contribution in [3.8, 4) is 0 Å². The van der Waals surface area contributed by atoms with Crippen molar-refractivity contribution >= 4 is 19.0 Å². The second kappa shape index (κ2) is 9.25. The predicted molar refractivity (Wildman–Crippen MR) is 87.6 cm³/mol. The number of rotatable bonds is 9. The number of unbranched alkanes of at least 4 members (excludes halogenated alkanes) is 1. The Kier molecular flexibility index (Phi) is 8.01. The Hall–Kier alpha value is -1.12. The van der Waals surface area contributed by atoms with Crippen LogP contribution in [0, 0.1) is 5.41 Å². The van der Waals surface area contributed by atoms with Crippen molar-refractivity contribution in [2.75, 3.05) is 0 Å². The summed E-state index contributed by atoms with van der Waals surface area (Å²) in [5.41, 5.74) is 4.87. The smallest absolute Gasteiger partial charge is 0.451 e. The summed E-state index contributed by atoms with van der Waals surface area (Å²) in [4.78, 5) is 23.7. The first-order valence-corrected chi connectivity index (χ1v) is 8.46. The van der Waals surface area contributed by atoms with Crippen LogP contribution in [-0.4, -0.2) is 46.2 Å². The van der Waals surface area contributed by atoms with Gasteiger partial charge in [0.2, 0.25) is 5.91 Å². The number of hydrogen-bond acceptors (Lipinski definition) is 5. The molecule has 0 unspecified atom stereocenters. The van der Waals surface area contributed by atoms with Crippen molar-refractivity contribution in [3.63, 3.8) is 0 Å². The molecule has 0 heterocycles. The summed E-state index contributed by atoms with van der Waals surface area (Å²) < 4.78 is 0. The van der Waals surface area contributed by atoms with Gasteiger partial charge in [-0.05, 0) is 38.4 Å². The maximum atomic E-state index is 11.9. The van der Waals surface area contributed by atoms with Gasteiger partial charge in [0.05, 0.1) is 11.5 Å². The highest BCUT2D eigenvalue weighted by Crippen LogP contribution is 2.41. The summed E-state index contributed by atoms with van der Waals surface area (Å²) in [6, 6.07) is -0.712. The largest absolute Gasteiger partial charge is 0.481 e. The van der Waals surface area contributed by atoms with Gasteiger partial charge in [0.25, 0.3) is 0 Å². The lowest BCUT2D eigenvalue weighted by atomic mass is 9.68. The Balaban J connectivity index is 2.61. The third-order valence-electron chi connectivity index (χ3n) is 4.79. The van der Waals surface area contributed by atoms with E-state index in [4.69, 9.17) is 15.8 Å². The highest BCUT2D eigenvalue weighted by molar-refractivity contribution is 6.40. The van der Waals surface area contributed by atoms with Gasteiger partial charge in [-0.3, -0.25) is 9.59 Å². The Labute approximate surface area is 137 Å². The number of amides is 1. The molecule has 0 spiro atoms. The van der Waals surface area contributed by atoms with Crippen LogP contribution in [0.25, 0.3) is 0 Å². The molecule has 0 saturated heterocycles. The zero-order valence-corrected chi connectivity index (χ0v) is 13.8. The van der Waals surface area contributed by atoms with Gasteiger partial charge in [-0.25, -0.2) is 0 Å². The third kappa shape index (κ3) is 6.12. The molecule has 1 rings (SSSR count). The van der Waals surface area contributed by atoms with E-state index in [0.717, 1.165) is 12.8 Å². The number of aliphatic carboxylic acids is 1. The lowest BCUT2D eigenvalue weighted by molar-refractivity contribution is -0.152. The average molecular weight is 328 g/mol. The summed E-state index contributed by atoms with van der Waals surface area (Å²) in [5, 5.41) is 30.3. The van der Waals surface area contributed by atoms with Gasteiger partial charge in [-0.2, -0.15) is 0 Å². The Bertz CT molecular complexity index is 407. The van der Waals surface area contributed by atoms with E-state index < -0.39 is 24.5 Å². The molecule has 1 saturated carbocycles. The fourth-order valence-electron chi connectivity index (χ4n) is 3.30. The molecule has 23 heavy (non-hydrogen) atoms. The van der Waals surface area contributed by atoms with Gasteiger partial charge in [-0.1, -0.05) is 26.2 Å². The minimum atomic E-state index is -1.34. The van der Waals surface area contributed by atoms with Crippen molar-refractivity contribution in [1.82, 2.24) is 5.32 Å². The minimum absolute atomic E-state index is 0.159. The summed E-state index contributed by atoms with van der Waals surface area (Å²) in [6.45, 7) is 1.84. The maximum absolute atomic E-state index is 11.9. The van der Waals surface area contributed by atoms with Crippen molar-refractivity contribution in [2.24, 2.45) is 11.1 Å². The van der Waals surface area contributed by atoms with E-state index >= 15 is 0 Å². The van der Waals surface area contributed by atoms with Crippen LogP contribution in [0.1, 0.15) is 58.3 Å². The molecular formula is C15H29BN2O5. The van der Waals surface area contributed by atoms with Gasteiger partial charge in [0.15, 0.2) is 0 Å². The van der Waals surface area contributed by atoms with E-state index in [1.165, 1.54) is 0 Å². The van der Waals surface area contributed by atoms with E-state index in [9.17, 15) is 14.7 Å². The molecule has 0 radical (unpaired) electrons. The van der Waals surface area contributed by atoms with Gasteiger partial charge >= 0.3 is 13.1 Å². The van der Waals surface area contributed by atoms with Crippen molar-refractivity contribution < 1.29 is 24.7 Å². The first-order chi connectivity index (χ1) is 10.8. The predicted octanol–water partition coefficient (Wildman–Crippen LogP) is 0.497. The number of nitrogens with one attached hydrogen (secondary N) is 1. The molecule has 0 bridgehead atoms. The van der Waals surface area contributed by atoms with Crippen LogP contribution in [0.5, 0.6) is 0 Å². The molecule has 8 heteroatoms. The van der Waals surface area contributed by atoms with E-state index in [1.807, 2.05) is 6.92 Å². The minimum Gasteiger partial charge on any atom is -0.481 e. The Morgan fingerprint density at radius 2 is 2.09 bits per heavy atom. The van der Waals surface area contributed by atoms with Crippen LogP contribution in [0.15, 0.2) is 0 Å². The molecule has 132 valence electrons. The molecule has 3 atom stereocenters. The zero-order chi connectivity index (χ0) is 17.5. The second-order valence-electron chi connectivity index (χ2n) is 6.63. The first kappa shape index (κ1) is 19.9. The van der Waals surface area contributed by atoms with Crippen molar-refractivity contribution in [3.05, 3.63) is 0 Å². The molecule has 0 aromatic heterocycles. The zero-order valence-electron chi connectivity index (χ0n) is 13.8. The van der Waals surface area contributed by atoms with E-state index in [0.29, 0.717) is 38.5 Å². The number of carbonyl (C=O) groups is 2. The van der Waals surface area contributed by atoms with E-state index in [2.05, 4.69) is 5.32 Å².